The number of rotatable bonds is 5. The van der Waals surface area contributed by atoms with E-state index < -0.39 is 22.1 Å². The maximum Gasteiger partial charge on any atom is 0.411 e. The molecule has 1 heterocycles. The van der Waals surface area contributed by atoms with E-state index in [1.54, 1.807) is 0 Å². The Morgan fingerprint density at radius 2 is 1.83 bits per heavy atom. The van der Waals surface area contributed by atoms with Gasteiger partial charge in [-0.2, -0.15) is 0 Å². The lowest BCUT2D eigenvalue weighted by Crippen LogP contribution is -2.17. The van der Waals surface area contributed by atoms with Gasteiger partial charge in [-0.05, 0) is 36.4 Å². The number of ether oxygens (including phenoxy) is 1. The second-order valence-electron chi connectivity index (χ2n) is 4.45. The maximum absolute atomic E-state index is 12.3. The van der Waals surface area contributed by atoms with E-state index in [9.17, 15) is 18.0 Å². The van der Waals surface area contributed by atoms with Gasteiger partial charge in [0.15, 0.2) is 5.82 Å². The lowest BCUT2D eigenvalue weighted by atomic mass is 10.3. The molecule has 0 radical (unpaired) electrons. The lowest BCUT2D eigenvalue weighted by Gasteiger charge is -2.10. The summed E-state index contributed by atoms with van der Waals surface area (Å²) in [6.45, 7) is 0. The Balaban J connectivity index is 2.25. The van der Waals surface area contributed by atoms with Crippen molar-refractivity contribution in [2.24, 2.45) is 0 Å². The molecule has 1 aromatic carbocycles. The Morgan fingerprint density at radius 3 is 2.42 bits per heavy atom. The molecule has 0 spiro atoms. The molecule has 2 aromatic rings. The van der Waals surface area contributed by atoms with E-state index in [-0.39, 0.29) is 16.3 Å². The van der Waals surface area contributed by atoms with Crippen LogP contribution in [0.25, 0.3) is 0 Å². The quantitative estimate of drug-likeness (QED) is 0.747. The third kappa shape index (κ3) is 3.98. The molecule has 24 heavy (non-hydrogen) atoms. The molecule has 0 aliphatic rings. The van der Waals surface area contributed by atoms with Gasteiger partial charge in [-0.3, -0.25) is 10.0 Å². The second-order valence-corrected chi connectivity index (χ2v) is 6.13. The van der Waals surface area contributed by atoms with Crippen molar-refractivity contribution in [3.8, 4) is 0 Å². The smallest absolute Gasteiger partial charge is 0.411 e. The van der Waals surface area contributed by atoms with Gasteiger partial charge in [-0.15, -0.1) is 0 Å². The minimum atomic E-state index is -4.04. The molecule has 0 aliphatic heterocycles. The molecule has 1 aromatic heterocycles. The Labute approximate surface area is 137 Å². The summed E-state index contributed by atoms with van der Waals surface area (Å²) in [5.74, 6) is -1.60. The summed E-state index contributed by atoms with van der Waals surface area (Å²) in [5, 5.41) is 11.4. The summed E-state index contributed by atoms with van der Waals surface area (Å²) in [4.78, 5) is 25.8. The van der Waals surface area contributed by atoms with Crippen LogP contribution in [0, 0.1) is 0 Å². The highest BCUT2D eigenvalue weighted by Crippen LogP contribution is 2.19. The van der Waals surface area contributed by atoms with Gasteiger partial charge >= 0.3 is 12.1 Å². The second kappa shape index (κ2) is 6.96. The third-order valence-corrected chi connectivity index (χ3v) is 4.22. The van der Waals surface area contributed by atoms with Gasteiger partial charge in [-0.25, -0.2) is 23.0 Å². The fourth-order valence-electron chi connectivity index (χ4n) is 1.73. The molecule has 0 fully saturated rings. The van der Waals surface area contributed by atoms with Crippen LogP contribution in [0.15, 0.2) is 47.5 Å². The highest BCUT2D eigenvalue weighted by atomic mass is 32.2. The van der Waals surface area contributed by atoms with Crippen molar-refractivity contribution in [1.29, 1.82) is 0 Å². The molecule has 0 saturated carbocycles. The van der Waals surface area contributed by atoms with E-state index in [1.165, 1.54) is 49.7 Å². The molecule has 1 amide bonds. The minimum absolute atomic E-state index is 0.125. The van der Waals surface area contributed by atoms with Gasteiger partial charge in [-0.1, -0.05) is 0 Å². The summed E-state index contributed by atoms with van der Waals surface area (Å²) in [6.07, 6.45) is 0.580. The van der Waals surface area contributed by atoms with Gasteiger partial charge in [0.2, 0.25) is 0 Å². The fraction of sp³-hybridized carbons (Fsp3) is 0.0714. The number of amides is 1. The molecule has 0 aliphatic carbocycles. The number of carbonyl (C=O) groups excluding carboxylic acids is 1. The Kier molecular flexibility index (Phi) is 4.99. The van der Waals surface area contributed by atoms with E-state index >= 15 is 0 Å². The Morgan fingerprint density at radius 1 is 1.17 bits per heavy atom. The van der Waals surface area contributed by atoms with Gasteiger partial charge in [0.25, 0.3) is 10.0 Å². The van der Waals surface area contributed by atoms with Gasteiger partial charge < -0.3 is 9.84 Å². The van der Waals surface area contributed by atoms with E-state index in [2.05, 4.69) is 19.8 Å². The summed E-state index contributed by atoms with van der Waals surface area (Å²) < 4.78 is 31.2. The predicted molar refractivity (Wildman–Crippen MR) is 84.5 cm³/mol. The first-order valence-electron chi connectivity index (χ1n) is 6.49. The molecular weight excluding hydrogens is 338 g/mol. The van der Waals surface area contributed by atoms with Crippen molar-refractivity contribution in [2.45, 2.75) is 4.90 Å². The zero-order valence-corrected chi connectivity index (χ0v) is 13.2. The first-order chi connectivity index (χ1) is 11.3. The highest BCUT2D eigenvalue weighted by molar-refractivity contribution is 7.92. The number of anilines is 2. The molecule has 0 atom stereocenters. The van der Waals surface area contributed by atoms with Crippen molar-refractivity contribution in [1.82, 2.24) is 4.98 Å². The van der Waals surface area contributed by atoms with Crippen LogP contribution >= 0.6 is 0 Å². The third-order valence-electron chi connectivity index (χ3n) is 2.87. The van der Waals surface area contributed by atoms with Crippen molar-refractivity contribution in [2.75, 3.05) is 17.1 Å². The number of hydrogen-bond acceptors (Lipinski definition) is 6. The molecular formula is C14H13N3O6S. The Bertz CT molecular complexity index is 864. The lowest BCUT2D eigenvalue weighted by molar-refractivity contribution is 0.0697. The van der Waals surface area contributed by atoms with Crippen molar-refractivity contribution in [3.05, 3.63) is 48.2 Å². The Hall–Kier alpha value is -3.14. The number of methoxy groups -OCH3 is 1. The summed E-state index contributed by atoms with van der Waals surface area (Å²) in [7, 11) is -2.84. The number of aromatic nitrogens is 1. The average molecular weight is 351 g/mol. The number of carboxylic acids is 1. The van der Waals surface area contributed by atoms with E-state index in [1.807, 2.05) is 0 Å². The number of benzene rings is 1. The van der Waals surface area contributed by atoms with Crippen molar-refractivity contribution in [3.63, 3.8) is 0 Å². The zero-order valence-electron chi connectivity index (χ0n) is 12.4. The fourth-order valence-corrected chi connectivity index (χ4v) is 2.76. The maximum atomic E-state index is 12.3. The van der Waals surface area contributed by atoms with Crippen LogP contribution < -0.4 is 10.0 Å². The number of carbonyl (C=O) groups is 2. The molecule has 0 unspecified atom stereocenters. The zero-order chi connectivity index (χ0) is 17.7. The molecule has 10 heteroatoms. The van der Waals surface area contributed by atoms with Crippen LogP contribution in [0.2, 0.25) is 0 Å². The normalized spacial score (nSPS) is 10.7. The van der Waals surface area contributed by atoms with Crippen LogP contribution in [0.4, 0.5) is 16.3 Å². The summed E-state index contributed by atoms with van der Waals surface area (Å²) >= 11 is 0. The molecule has 9 nitrogen and oxygen atoms in total. The number of nitrogens with zero attached hydrogens (tertiary/aromatic N) is 1. The van der Waals surface area contributed by atoms with Crippen molar-refractivity contribution < 1.29 is 27.9 Å². The van der Waals surface area contributed by atoms with E-state index in [4.69, 9.17) is 5.11 Å². The van der Waals surface area contributed by atoms with E-state index in [0.29, 0.717) is 5.69 Å². The number of nitrogens with one attached hydrogen (secondary N) is 2. The number of aromatic carboxylic acids is 1. The van der Waals surface area contributed by atoms with Gasteiger partial charge in [0.1, 0.15) is 5.56 Å². The number of sulfonamides is 1. The first kappa shape index (κ1) is 17.2. The topological polar surface area (TPSA) is 135 Å². The molecule has 3 N–H and O–H groups in total. The van der Waals surface area contributed by atoms with Crippen LogP contribution in [-0.4, -0.2) is 37.7 Å². The summed E-state index contributed by atoms with van der Waals surface area (Å²) in [6, 6.07) is 7.84. The number of pyridine rings is 1. The van der Waals surface area contributed by atoms with E-state index in [0.717, 1.165) is 0 Å². The van der Waals surface area contributed by atoms with Crippen LogP contribution in [-0.2, 0) is 14.8 Å². The standard InChI is InChI=1S/C14H13N3O6S/c1-23-14(20)16-9-4-6-10(7-5-9)24(21,22)17-12-11(13(18)19)3-2-8-15-12/h2-8H,1H3,(H,15,17)(H,16,20)(H,18,19). The van der Waals surface area contributed by atoms with Crippen molar-refractivity contribution >= 4 is 33.6 Å². The molecule has 126 valence electrons. The first-order valence-corrected chi connectivity index (χ1v) is 7.98. The van der Waals surface area contributed by atoms with Crippen LogP contribution in [0.3, 0.4) is 0 Å². The SMILES string of the molecule is COC(=O)Nc1ccc(S(=O)(=O)Nc2ncccc2C(=O)O)cc1. The molecule has 2 rings (SSSR count). The highest BCUT2D eigenvalue weighted by Gasteiger charge is 2.19. The number of carboxylic acid groups (broad SMARTS) is 1. The summed E-state index contributed by atoms with van der Waals surface area (Å²) in [5.41, 5.74) is 0.0647. The largest absolute Gasteiger partial charge is 0.478 e. The number of hydrogen-bond donors (Lipinski definition) is 3. The average Bonchev–Trinajstić information content (AvgIpc) is 2.55. The van der Waals surface area contributed by atoms with Gasteiger partial charge in [0.05, 0.1) is 12.0 Å². The van der Waals surface area contributed by atoms with Crippen LogP contribution in [0.5, 0.6) is 0 Å². The van der Waals surface area contributed by atoms with Gasteiger partial charge in [0, 0.05) is 11.9 Å². The monoisotopic (exact) mass is 351 g/mol. The molecule has 0 saturated heterocycles. The minimum Gasteiger partial charge on any atom is -0.478 e. The predicted octanol–water partition coefficient (Wildman–Crippen LogP) is 1.76. The molecule has 0 bridgehead atoms. The van der Waals surface area contributed by atoms with Crippen LogP contribution in [0.1, 0.15) is 10.4 Å².